The Morgan fingerprint density at radius 3 is 2.54 bits per heavy atom. The number of rotatable bonds is 8. The second-order valence-electron chi connectivity index (χ2n) is 5.38. The van der Waals surface area contributed by atoms with E-state index in [2.05, 4.69) is 12.2 Å². The van der Waals surface area contributed by atoms with Gasteiger partial charge in [-0.2, -0.15) is 0 Å². The Labute approximate surface area is 147 Å². The third kappa shape index (κ3) is 5.17. The van der Waals surface area contributed by atoms with E-state index < -0.39 is 0 Å². The molecule has 0 heterocycles. The van der Waals surface area contributed by atoms with Crippen LogP contribution in [0.5, 0.6) is 11.5 Å². The first kappa shape index (κ1) is 18.1. The highest BCUT2D eigenvalue weighted by molar-refractivity contribution is 6.30. The highest BCUT2D eigenvalue weighted by atomic mass is 35.5. The molecule has 24 heavy (non-hydrogen) atoms. The fraction of sp³-hybridized carbons (Fsp3) is 0.316. The van der Waals surface area contributed by atoms with E-state index in [0.717, 1.165) is 24.2 Å². The molecule has 128 valence electrons. The maximum atomic E-state index is 12.1. The lowest BCUT2D eigenvalue weighted by Gasteiger charge is -2.12. The molecular weight excluding hydrogens is 326 g/mol. The van der Waals surface area contributed by atoms with Crippen LogP contribution in [0.15, 0.2) is 42.5 Å². The SMILES string of the molecule is CCCCOc1ccc(CNC(=O)c2ccc(Cl)cc2)cc1OC. The van der Waals surface area contributed by atoms with Gasteiger partial charge >= 0.3 is 0 Å². The van der Waals surface area contributed by atoms with Crippen molar-refractivity contribution in [1.29, 1.82) is 0 Å². The summed E-state index contributed by atoms with van der Waals surface area (Å²) in [4.78, 5) is 12.1. The predicted molar refractivity (Wildman–Crippen MR) is 96.0 cm³/mol. The van der Waals surface area contributed by atoms with Crippen LogP contribution in [0.25, 0.3) is 0 Å². The van der Waals surface area contributed by atoms with Crippen molar-refractivity contribution in [3.05, 3.63) is 58.6 Å². The summed E-state index contributed by atoms with van der Waals surface area (Å²) in [5.41, 5.74) is 1.52. The van der Waals surface area contributed by atoms with Gasteiger partial charge in [0.15, 0.2) is 11.5 Å². The third-order valence-electron chi connectivity index (χ3n) is 3.54. The molecule has 0 fully saturated rings. The van der Waals surface area contributed by atoms with Gasteiger partial charge in [-0.15, -0.1) is 0 Å². The van der Waals surface area contributed by atoms with E-state index in [1.165, 1.54) is 0 Å². The van der Waals surface area contributed by atoms with E-state index >= 15 is 0 Å². The van der Waals surface area contributed by atoms with Gasteiger partial charge in [0.25, 0.3) is 5.91 Å². The zero-order valence-electron chi connectivity index (χ0n) is 14.0. The van der Waals surface area contributed by atoms with E-state index in [0.29, 0.717) is 29.5 Å². The van der Waals surface area contributed by atoms with Crippen molar-refractivity contribution in [3.8, 4) is 11.5 Å². The molecule has 0 aliphatic heterocycles. The summed E-state index contributed by atoms with van der Waals surface area (Å²) in [5, 5.41) is 3.49. The smallest absolute Gasteiger partial charge is 0.251 e. The maximum absolute atomic E-state index is 12.1. The van der Waals surface area contributed by atoms with Crippen LogP contribution in [0.2, 0.25) is 5.02 Å². The monoisotopic (exact) mass is 347 g/mol. The average Bonchev–Trinajstić information content (AvgIpc) is 2.61. The third-order valence-corrected chi connectivity index (χ3v) is 3.79. The number of hydrogen-bond donors (Lipinski definition) is 1. The molecule has 0 bridgehead atoms. The molecular formula is C19H22ClNO3. The molecule has 0 saturated carbocycles. The second kappa shape index (κ2) is 9.18. The average molecular weight is 348 g/mol. The van der Waals surface area contributed by atoms with Gasteiger partial charge in [-0.3, -0.25) is 4.79 Å². The first-order chi connectivity index (χ1) is 11.6. The zero-order chi connectivity index (χ0) is 17.4. The Hall–Kier alpha value is -2.20. The minimum Gasteiger partial charge on any atom is -0.493 e. The van der Waals surface area contributed by atoms with E-state index in [9.17, 15) is 4.79 Å². The molecule has 1 N–H and O–H groups in total. The van der Waals surface area contributed by atoms with Crippen molar-refractivity contribution in [1.82, 2.24) is 5.32 Å². The predicted octanol–water partition coefficient (Wildman–Crippen LogP) is 4.46. The maximum Gasteiger partial charge on any atom is 0.251 e. The molecule has 0 aliphatic carbocycles. The number of benzene rings is 2. The number of ether oxygens (including phenoxy) is 2. The molecule has 5 heteroatoms. The Balaban J connectivity index is 1.96. The Bertz CT molecular complexity index is 671. The lowest BCUT2D eigenvalue weighted by atomic mass is 10.1. The summed E-state index contributed by atoms with van der Waals surface area (Å²) >= 11 is 5.83. The van der Waals surface area contributed by atoms with Gasteiger partial charge in [-0.25, -0.2) is 0 Å². The van der Waals surface area contributed by atoms with Crippen molar-refractivity contribution >= 4 is 17.5 Å². The lowest BCUT2D eigenvalue weighted by molar-refractivity contribution is 0.0951. The molecule has 2 aromatic carbocycles. The van der Waals surface area contributed by atoms with Gasteiger partial charge in [0.05, 0.1) is 13.7 Å². The minimum atomic E-state index is -0.145. The van der Waals surface area contributed by atoms with Gasteiger partial charge in [-0.05, 0) is 48.4 Å². The zero-order valence-corrected chi connectivity index (χ0v) is 14.7. The van der Waals surface area contributed by atoms with Crippen LogP contribution in [0.3, 0.4) is 0 Å². The fourth-order valence-corrected chi connectivity index (χ4v) is 2.28. The van der Waals surface area contributed by atoms with Crippen molar-refractivity contribution in [2.45, 2.75) is 26.3 Å². The Kier molecular flexibility index (Phi) is 6.94. The fourth-order valence-electron chi connectivity index (χ4n) is 2.15. The number of nitrogens with one attached hydrogen (secondary N) is 1. The topological polar surface area (TPSA) is 47.6 Å². The van der Waals surface area contributed by atoms with E-state index in [1.54, 1.807) is 31.4 Å². The van der Waals surface area contributed by atoms with Crippen LogP contribution >= 0.6 is 11.6 Å². The molecule has 0 radical (unpaired) electrons. The quantitative estimate of drug-likeness (QED) is 0.717. The summed E-state index contributed by atoms with van der Waals surface area (Å²) in [6.07, 6.45) is 2.08. The Morgan fingerprint density at radius 1 is 1.12 bits per heavy atom. The Morgan fingerprint density at radius 2 is 1.88 bits per heavy atom. The number of methoxy groups -OCH3 is 1. The second-order valence-corrected chi connectivity index (χ2v) is 5.81. The van der Waals surface area contributed by atoms with Gasteiger partial charge in [0.2, 0.25) is 0 Å². The number of unbranched alkanes of at least 4 members (excludes halogenated alkanes) is 1. The standard InChI is InChI=1S/C19H22ClNO3/c1-3-4-11-24-17-10-5-14(12-18(17)23-2)13-21-19(22)15-6-8-16(20)9-7-15/h5-10,12H,3-4,11,13H2,1-2H3,(H,21,22). The highest BCUT2D eigenvalue weighted by Gasteiger charge is 2.08. The number of halogens is 1. The van der Waals surface area contributed by atoms with Crippen LogP contribution in [-0.4, -0.2) is 19.6 Å². The van der Waals surface area contributed by atoms with Crippen molar-refractivity contribution in [3.63, 3.8) is 0 Å². The van der Waals surface area contributed by atoms with E-state index in [1.807, 2.05) is 18.2 Å². The van der Waals surface area contributed by atoms with Gasteiger partial charge in [-0.1, -0.05) is 31.0 Å². The van der Waals surface area contributed by atoms with Gasteiger partial charge in [0, 0.05) is 17.1 Å². The molecule has 1 amide bonds. The minimum absolute atomic E-state index is 0.145. The van der Waals surface area contributed by atoms with Gasteiger partial charge in [0.1, 0.15) is 0 Å². The summed E-state index contributed by atoms with van der Waals surface area (Å²) < 4.78 is 11.1. The first-order valence-electron chi connectivity index (χ1n) is 7.97. The first-order valence-corrected chi connectivity index (χ1v) is 8.35. The molecule has 0 unspecified atom stereocenters. The normalized spacial score (nSPS) is 10.3. The van der Waals surface area contributed by atoms with Crippen LogP contribution in [0.1, 0.15) is 35.7 Å². The molecule has 0 spiro atoms. The molecule has 2 aromatic rings. The number of hydrogen-bond acceptors (Lipinski definition) is 3. The summed E-state index contributed by atoms with van der Waals surface area (Å²) in [7, 11) is 1.61. The van der Waals surface area contributed by atoms with Crippen LogP contribution < -0.4 is 14.8 Å². The largest absolute Gasteiger partial charge is 0.493 e. The lowest BCUT2D eigenvalue weighted by Crippen LogP contribution is -2.22. The molecule has 0 atom stereocenters. The molecule has 0 saturated heterocycles. The number of carbonyl (C=O) groups is 1. The number of amides is 1. The molecule has 0 aliphatic rings. The molecule has 2 rings (SSSR count). The van der Waals surface area contributed by atoms with Crippen LogP contribution in [-0.2, 0) is 6.54 Å². The molecule has 0 aromatic heterocycles. The summed E-state index contributed by atoms with van der Waals surface area (Å²) in [6, 6.07) is 12.5. The number of carbonyl (C=O) groups excluding carboxylic acids is 1. The van der Waals surface area contributed by atoms with Crippen molar-refractivity contribution < 1.29 is 14.3 Å². The van der Waals surface area contributed by atoms with Crippen molar-refractivity contribution in [2.75, 3.05) is 13.7 Å². The molecule has 4 nitrogen and oxygen atoms in total. The van der Waals surface area contributed by atoms with Crippen LogP contribution in [0.4, 0.5) is 0 Å². The van der Waals surface area contributed by atoms with E-state index in [-0.39, 0.29) is 5.91 Å². The van der Waals surface area contributed by atoms with Gasteiger partial charge < -0.3 is 14.8 Å². The summed E-state index contributed by atoms with van der Waals surface area (Å²) in [6.45, 7) is 3.19. The van der Waals surface area contributed by atoms with Crippen molar-refractivity contribution in [2.24, 2.45) is 0 Å². The van der Waals surface area contributed by atoms with E-state index in [4.69, 9.17) is 21.1 Å². The highest BCUT2D eigenvalue weighted by Crippen LogP contribution is 2.28. The summed E-state index contributed by atoms with van der Waals surface area (Å²) in [5.74, 6) is 1.25. The van der Waals surface area contributed by atoms with Crippen LogP contribution in [0, 0.1) is 0 Å².